The lowest BCUT2D eigenvalue weighted by atomic mass is 9.94. The van der Waals surface area contributed by atoms with E-state index < -0.39 is 28.6 Å². The third kappa shape index (κ3) is 1.43. The van der Waals surface area contributed by atoms with E-state index in [1.54, 1.807) is 19.1 Å². The number of para-hydroxylation sites is 1. The van der Waals surface area contributed by atoms with Crippen LogP contribution in [0.1, 0.15) is 24.0 Å². The smallest absolute Gasteiger partial charge is 0.328 e. The van der Waals surface area contributed by atoms with E-state index in [9.17, 15) is 14.4 Å². The Bertz CT molecular complexity index is 953. The standard InChI is InChI=1S/C20H15NO4/c1-19-15-13-9-5-6-10-14(13)25-18(24)20(15,19)17(23)21(16(19)22)11-12-7-3-2-4-8-12/h2-10,15H,11H2,1H3. The molecule has 5 heteroatoms. The van der Waals surface area contributed by atoms with Gasteiger partial charge in [0, 0.05) is 11.5 Å². The molecule has 2 heterocycles. The first kappa shape index (κ1) is 14.4. The van der Waals surface area contributed by atoms with Crippen LogP contribution in [-0.4, -0.2) is 22.7 Å². The minimum atomic E-state index is -1.40. The van der Waals surface area contributed by atoms with Crippen LogP contribution in [0.4, 0.5) is 0 Å². The SMILES string of the molecule is CC12C(=O)N(Cc3ccccc3)C(=O)C13C(=O)Oc1ccccc1C23. The zero-order valence-corrected chi connectivity index (χ0v) is 13.6. The van der Waals surface area contributed by atoms with Gasteiger partial charge in [-0.05, 0) is 18.6 Å². The zero-order valence-electron chi connectivity index (χ0n) is 13.6. The van der Waals surface area contributed by atoms with Crippen molar-refractivity contribution in [3.05, 3.63) is 65.7 Å². The van der Waals surface area contributed by atoms with Gasteiger partial charge in [0.2, 0.25) is 11.8 Å². The van der Waals surface area contributed by atoms with Gasteiger partial charge in [-0.3, -0.25) is 19.3 Å². The Labute approximate surface area is 144 Å². The molecule has 0 radical (unpaired) electrons. The molecule has 2 amide bonds. The molecule has 0 N–H and O–H groups in total. The molecule has 5 rings (SSSR count). The van der Waals surface area contributed by atoms with Crippen LogP contribution in [0.2, 0.25) is 0 Å². The first-order valence-corrected chi connectivity index (χ1v) is 8.24. The highest BCUT2D eigenvalue weighted by Gasteiger charge is 2.93. The monoisotopic (exact) mass is 333 g/mol. The maximum atomic E-state index is 13.1. The lowest BCUT2D eigenvalue weighted by Gasteiger charge is -2.25. The van der Waals surface area contributed by atoms with Gasteiger partial charge in [0.15, 0.2) is 5.41 Å². The number of imide groups is 1. The number of benzene rings is 2. The summed E-state index contributed by atoms with van der Waals surface area (Å²) in [5.41, 5.74) is -0.826. The number of carbonyl (C=O) groups excluding carboxylic acids is 3. The van der Waals surface area contributed by atoms with E-state index in [4.69, 9.17) is 4.74 Å². The molecule has 2 fully saturated rings. The van der Waals surface area contributed by atoms with Crippen LogP contribution in [0.5, 0.6) is 5.75 Å². The molecule has 1 saturated heterocycles. The van der Waals surface area contributed by atoms with Crippen molar-refractivity contribution >= 4 is 17.8 Å². The normalized spacial score (nSPS) is 32.0. The van der Waals surface area contributed by atoms with Gasteiger partial charge in [0.05, 0.1) is 12.0 Å². The van der Waals surface area contributed by atoms with Crippen molar-refractivity contribution in [1.82, 2.24) is 4.90 Å². The Balaban J connectivity index is 1.59. The van der Waals surface area contributed by atoms with Gasteiger partial charge in [-0.15, -0.1) is 0 Å². The second-order valence-electron chi connectivity index (χ2n) is 7.05. The van der Waals surface area contributed by atoms with Crippen LogP contribution in [0.3, 0.4) is 0 Å². The predicted octanol–water partition coefficient (Wildman–Crippen LogP) is 2.26. The number of piperidine rings is 1. The van der Waals surface area contributed by atoms with Gasteiger partial charge in [-0.1, -0.05) is 48.5 Å². The fraction of sp³-hybridized carbons (Fsp3) is 0.250. The van der Waals surface area contributed by atoms with Crippen molar-refractivity contribution in [3.63, 3.8) is 0 Å². The van der Waals surface area contributed by atoms with E-state index in [1.807, 2.05) is 42.5 Å². The quantitative estimate of drug-likeness (QED) is 0.366. The number of amides is 2. The van der Waals surface area contributed by atoms with Crippen LogP contribution in [0.15, 0.2) is 54.6 Å². The summed E-state index contributed by atoms with van der Waals surface area (Å²) in [6, 6.07) is 16.4. The summed E-state index contributed by atoms with van der Waals surface area (Å²) < 4.78 is 5.43. The summed E-state index contributed by atoms with van der Waals surface area (Å²) in [6.45, 7) is 1.89. The van der Waals surface area contributed by atoms with Gasteiger partial charge in [0.1, 0.15) is 5.75 Å². The number of hydrogen-bond donors (Lipinski definition) is 0. The van der Waals surface area contributed by atoms with Crippen LogP contribution >= 0.6 is 0 Å². The Morgan fingerprint density at radius 2 is 1.64 bits per heavy atom. The summed E-state index contributed by atoms with van der Waals surface area (Å²) in [6.07, 6.45) is 0. The number of carbonyl (C=O) groups is 3. The number of esters is 1. The average Bonchev–Trinajstić information content (AvgIpc) is 3.18. The highest BCUT2D eigenvalue weighted by atomic mass is 16.5. The Kier molecular flexibility index (Phi) is 2.51. The van der Waals surface area contributed by atoms with Crippen molar-refractivity contribution in [2.45, 2.75) is 19.4 Å². The molecule has 1 saturated carbocycles. The van der Waals surface area contributed by atoms with Crippen molar-refractivity contribution in [2.24, 2.45) is 10.8 Å². The number of fused-ring (bicyclic) bond motifs is 3. The summed E-state index contributed by atoms with van der Waals surface area (Å²) in [5, 5.41) is 0. The van der Waals surface area contributed by atoms with Gasteiger partial charge in [0.25, 0.3) is 0 Å². The van der Waals surface area contributed by atoms with Gasteiger partial charge < -0.3 is 4.74 Å². The molecule has 2 aromatic carbocycles. The second kappa shape index (κ2) is 4.36. The summed E-state index contributed by atoms with van der Waals surface area (Å²) in [4.78, 5) is 40.2. The topological polar surface area (TPSA) is 63.7 Å². The molecular formula is C20H15NO4. The largest absolute Gasteiger partial charge is 0.425 e. The minimum Gasteiger partial charge on any atom is -0.425 e. The van der Waals surface area contributed by atoms with Crippen LogP contribution in [0, 0.1) is 10.8 Å². The molecule has 2 aliphatic heterocycles. The summed E-state index contributed by atoms with van der Waals surface area (Å²) in [7, 11) is 0. The van der Waals surface area contributed by atoms with E-state index >= 15 is 0 Å². The Hall–Kier alpha value is -2.95. The highest BCUT2D eigenvalue weighted by molar-refractivity contribution is 6.26. The third-order valence-corrected chi connectivity index (χ3v) is 5.96. The fourth-order valence-corrected chi connectivity index (χ4v) is 4.71. The number of hydrogen-bond acceptors (Lipinski definition) is 4. The van der Waals surface area contributed by atoms with E-state index in [1.165, 1.54) is 4.90 Å². The number of rotatable bonds is 2. The van der Waals surface area contributed by atoms with E-state index in [0.29, 0.717) is 5.75 Å². The van der Waals surface area contributed by atoms with Crippen molar-refractivity contribution in [1.29, 1.82) is 0 Å². The summed E-state index contributed by atoms with van der Waals surface area (Å²) >= 11 is 0. The number of ether oxygens (including phenoxy) is 1. The van der Waals surface area contributed by atoms with Crippen LogP contribution in [0.25, 0.3) is 0 Å². The third-order valence-electron chi connectivity index (χ3n) is 5.96. The van der Waals surface area contributed by atoms with Crippen molar-refractivity contribution in [3.8, 4) is 5.75 Å². The molecule has 25 heavy (non-hydrogen) atoms. The fourth-order valence-electron chi connectivity index (χ4n) is 4.71. The molecule has 0 aromatic heterocycles. The zero-order chi connectivity index (χ0) is 17.4. The highest BCUT2D eigenvalue weighted by Crippen LogP contribution is 2.81. The second-order valence-corrected chi connectivity index (χ2v) is 7.05. The maximum absolute atomic E-state index is 13.1. The molecule has 5 nitrogen and oxygen atoms in total. The Morgan fingerprint density at radius 3 is 2.40 bits per heavy atom. The first-order valence-electron chi connectivity index (χ1n) is 8.24. The molecule has 0 bridgehead atoms. The Morgan fingerprint density at radius 1 is 0.960 bits per heavy atom. The van der Waals surface area contributed by atoms with E-state index in [2.05, 4.69) is 0 Å². The molecule has 3 unspecified atom stereocenters. The van der Waals surface area contributed by atoms with Crippen LogP contribution < -0.4 is 4.74 Å². The number of nitrogens with zero attached hydrogens (tertiary/aromatic N) is 1. The first-order chi connectivity index (χ1) is 12.0. The van der Waals surface area contributed by atoms with E-state index in [-0.39, 0.29) is 12.5 Å². The van der Waals surface area contributed by atoms with Gasteiger partial charge in [-0.25, -0.2) is 0 Å². The maximum Gasteiger partial charge on any atom is 0.328 e. The predicted molar refractivity (Wildman–Crippen MR) is 87.4 cm³/mol. The molecule has 124 valence electrons. The van der Waals surface area contributed by atoms with Gasteiger partial charge in [-0.2, -0.15) is 0 Å². The van der Waals surface area contributed by atoms with Gasteiger partial charge >= 0.3 is 5.97 Å². The van der Waals surface area contributed by atoms with Crippen molar-refractivity contribution < 1.29 is 19.1 Å². The molecule has 2 aromatic rings. The lowest BCUT2D eigenvalue weighted by Crippen LogP contribution is -2.41. The molecule has 3 aliphatic rings. The molecular weight excluding hydrogens is 318 g/mol. The molecule has 1 spiro atoms. The van der Waals surface area contributed by atoms with Crippen molar-refractivity contribution in [2.75, 3.05) is 0 Å². The minimum absolute atomic E-state index is 0.178. The van der Waals surface area contributed by atoms with Crippen LogP contribution in [-0.2, 0) is 20.9 Å². The lowest BCUT2D eigenvalue weighted by molar-refractivity contribution is -0.151. The molecule has 3 atom stereocenters. The van der Waals surface area contributed by atoms with E-state index in [0.717, 1.165) is 11.1 Å². The summed E-state index contributed by atoms with van der Waals surface area (Å²) in [5.74, 6) is -1.31. The number of likely N-dealkylation sites (tertiary alicyclic amines) is 1. The average molecular weight is 333 g/mol. The molecule has 1 aliphatic carbocycles.